The van der Waals surface area contributed by atoms with Crippen LogP contribution in [0.4, 0.5) is 4.79 Å². The minimum atomic E-state index is -0.957. The monoisotopic (exact) mass is 479 g/mol. The number of rotatable bonds is 10. The molecule has 0 fully saturated rings. The van der Waals surface area contributed by atoms with Crippen LogP contribution in [0.15, 0.2) is 30.3 Å². The van der Waals surface area contributed by atoms with Gasteiger partial charge in [-0.2, -0.15) is 12.6 Å². The van der Waals surface area contributed by atoms with Gasteiger partial charge in [0.2, 0.25) is 11.8 Å². The van der Waals surface area contributed by atoms with Gasteiger partial charge in [0.05, 0.1) is 0 Å². The van der Waals surface area contributed by atoms with Crippen molar-refractivity contribution in [3.63, 3.8) is 0 Å². The fourth-order valence-corrected chi connectivity index (χ4v) is 3.63. The first kappa shape index (κ1) is 28.8. The summed E-state index contributed by atoms with van der Waals surface area (Å²) in [6, 6.07) is 7.40. The average molecular weight is 480 g/mol. The largest absolute Gasteiger partial charge is 0.444 e. The first-order valence-corrected chi connectivity index (χ1v) is 12.2. The number of hydrogen-bond acceptors (Lipinski definition) is 5. The summed E-state index contributed by atoms with van der Waals surface area (Å²) in [7, 11) is 0. The number of nitrogens with zero attached hydrogens (tertiary/aromatic N) is 1. The molecule has 3 amide bonds. The van der Waals surface area contributed by atoms with E-state index < -0.39 is 35.2 Å². The molecule has 1 aromatic carbocycles. The predicted molar refractivity (Wildman–Crippen MR) is 135 cm³/mol. The Morgan fingerprint density at radius 2 is 1.64 bits per heavy atom. The summed E-state index contributed by atoms with van der Waals surface area (Å²) in [6.07, 6.45) is 2.22. The Morgan fingerprint density at radius 3 is 2.12 bits per heavy atom. The molecule has 2 unspecified atom stereocenters. The zero-order chi connectivity index (χ0) is 25.2. The lowest BCUT2D eigenvalue weighted by atomic mass is 9.95. The maximum atomic E-state index is 13.7. The molecule has 186 valence electrons. The van der Waals surface area contributed by atoms with Crippen LogP contribution in [0.3, 0.4) is 0 Å². The highest BCUT2D eigenvalue weighted by atomic mass is 32.1. The third kappa shape index (κ3) is 9.66. The number of ether oxygens (including phenoxy) is 1. The highest BCUT2D eigenvalue weighted by Gasteiger charge is 2.41. The molecular weight excluding hydrogens is 438 g/mol. The van der Waals surface area contributed by atoms with Crippen LogP contribution in [0, 0.1) is 0 Å². The first-order valence-electron chi connectivity index (χ1n) is 11.6. The molecule has 1 aromatic rings. The summed E-state index contributed by atoms with van der Waals surface area (Å²) in [6.45, 7) is 13.5. The van der Waals surface area contributed by atoms with Crippen molar-refractivity contribution >= 4 is 30.5 Å². The topological polar surface area (TPSA) is 87.7 Å². The molecule has 1 rings (SSSR count). The summed E-state index contributed by atoms with van der Waals surface area (Å²) >= 11 is 4.30. The van der Waals surface area contributed by atoms with Gasteiger partial charge in [-0.3, -0.25) is 9.59 Å². The van der Waals surface area contributed by atoms with Gasteiger partial charge >= 0.3 is 6.09 Å². The Kier molecular flexibility index (Phi) is 11.2. The Labute approximate surface area is 204 Å². The Morgan fingerprint density at radius 1 is 1.03 bits per heavy atom. The minimum Gasteiger partial charge on any atom is -0.444 e. The second-order valence-corrected chi connectivity index (χ2v) is 10.4. The summed E-state index contributed by atoms with van der Waals surface area (Å²) < 4.78 is 5.32. The molecular formula is C25H41N3O4S. The van der Waals surface area contributed by atoms with Crippen molar-refractivity contribution in [3.05, 3.63) is 35.9 Å². The Bertz CT molecular complexity index is 772. The van der Waals surface area contributed by atoms with Gasteiger partial charge in [0.25, 0.3) is 0 Å². The lowest BCUT2D eigenvalue weighted by Crippen LogP contribution is -2.59. The number of unbranched alkanes of at least 4 members (excludes halogenated alkanes) is 2. The lowest BCUT2D eigenvalue weighted by molar-refractivity contribution is -0.148. The van der Waals surface area contributed by atoms with Gasteiger partial charge in [-0.1, -0.05) is 50.1 Å². The van der Waals surface area contributed by atoms with Gasteiger partial charge in [-0.25, -0.2) is 4.79 Å². The van der Waals surface area contributed by atoms with Crippen LogP contribution in [0.5, 0.6) is 0 Å². The van der Waals surface area contributed by atoms with Crippen molar-refractivity contribution in [1.29, 1.82) is 0 Å². The van der Waals surface area contributed by atoms with E-state index >= 15 is 0 Å². The molecule has 0 aliphatic carbocycles. The van der Waals surface area contributed by atoms with Gasteiger partial charge in [0.15, 0.2) is 0 Å². The summed E-state index contributed by atoms with van der Waals surface area (Å²) in [5.41, 5.74) is -0.720. The molecule has 0 aliphatic heterocycles. The zero-order valence-corrected chi connectivity index (χ0v) is 22.0. The highest BCUT2D eigenvalue weighted by Crippen LogP contribution is 2.30. The van der Waals surface area contributed by atoms with E-state index in [1.165, 1.54) is 4.90 Å². The molecule has 8 heteroatoms. The maximum absolute atomic E-state index is 13.7. The standard InChI is InChI=1S/C25H41N3O4S/c1-8-9-13-16-26-21(29)20(18-14-11-10-12-15-18)28(24(2,3)4)22(30)19(17-33)27-23(31)32-25(5,6)7/h10-12,14-15,19-20,33H,8-9,13,16-17H2,1-7H3,(H,26,29)(H,27,31). The lowest BCUT2D eigenvalue weighted by Gasteiger charge is -2.43. The third-order valence-corrected chi connectivity index (χ3v) is 5.20. The average Bonchev–Trinajstić information content (AvgIpc) is 2.71. The number of alkyl carbamates (subject to hydrolysis) is 1. The molecule has 0 aliphatic rings. The van der Waals surface area contributed by atoms with Crippen molar-refractivity contribution in [2.45, 2.75) is 91.0 Å². The smallest absolute Gasteiger partial charge is 0.408 e. The zero-order valence-electron chi connectivity index (χ0n) is 21.1. The van der Waals surface area contributed by atoms with Gasteiger partial charge in [-0.15, -0.1) is 0 Å². The van der Waals surface area contributed by atoms with Gasteiger partial charge < -0.3 is 20.3 Å². The second kappa shape index (κ2) is 12.9. The van der Waals surface area contributed by atoms with Gasteiger partial charge in [0, 0.05) is 17.8 Å². The predicted octanol–water partition coefficient (Wildman–Crippen LogP) is 4.48. The number of carbonyl (C=O) groups excluding carboxylic acids is 3. The van der Waals surface area contributed by atoms with E-state index in [0.717, 1.165) is 19.3 Å². The van der Waals surface area contributed by atoms with E-state index in [0.29, 0.717) is 12.1 Å². The molecule has 0 saturated carbocycles. The van der Waals surface area contributed by atoms with E-state index in [4.69, 9.17) is 4.74 Å². The Hall–Kier alpha value is -2.22. The molecule has 0 heterocycles. The molecule has 2 atom stereocenters. The van der Waals surface area contributed by atoms with Crippen LogP contribution in [0.2, 0.25) is 0 Å². The number of nitrogens with one attached hydrogen (secondary N) is 2. The highest BCUT2D eigenvalue weighted by molar-refractivity contribution is 7.80. The van der Waals surface area contributed by atoms with E-state index in [2.05, 4.69) is 30.2 Å². The van der Waals surface area contributed by atoms with Crippen molar-refractivity contribution in [3.8, 4) is 0 Å². The Balaban J connectivity index is 3.30. The first-order chi connectivity index (χ1) is 15.3. The molecule has 0 aromatic heterocycles. The van der Waals surface area contributed by atoms with Crippen molar-refractivity contribution in [2.24, 2.45) is 0 Å². The number of thiol groups is 1. The number of hydrogen-bond donors (Lipinski definition) is 3. The second-order valence-electron chi connectivity index (χ2n) is 10.1. The normalized spacial score (nSPS) is 13.6. The van der Waals surface area contributed by atoms with Crippen molar-refractivity contribution in [1.82, 2.24) is 15.5 Å². The third-order valence-electron chi connectivity index (χ3n) is 4.83. The maximum Gasteiger partial charge on any atom is 0.408 e. The summed E-state index contributed by atoms with van der Waals surface area (Å²) in [5.74, 6) is -0.596. The van der Waals surface area contributed by atoms with Crippen molar-refractivity contribution in [2.75, 3.05) is 12.3 Å². The van der Waals surface area contributed by atoms with Crippen LogP contribution >= 0.6 is 12.6 Å². The minimum absolute atomic E-state index is 0.0598. The fraction of sp³-hybridized carbons (Fsp3) is 0.640. The van der Waals surface area contributed by atoms with E-state index in [1.807, 2.05) is 51.1 Å². The molecule has 33 heavy (non-hydrogen) atoms. The molecule has 0 spiro atoms. The number of carbonyl (C=O) groups is 3. The van der Waals surface area contributed by atoms with E-state index in [9.17, 15) is 14.4 Å². The van der Waals surface area contributed by atoms with Gasteiger partial charge in [0.1, 0.15) is 17.7 Å². The SMILES string of the molecule is CCCCCNC(=O)C(c1ccccc1)N(C(=O)C(CS)NC(=O)OC(C)(C)C)C(C)(C)C. The summed E-state index contributed by atoms with van der Waals surface area (Å²) in [4.78, 5) is 41.0. The van der Waals surface area contributed by atoms with Crippen LogP contribution in [0.25, 0.3) is 0 Å². The number of benzene rings is 1. The van der Waals surface area contributed by atoms with E-state index in [-0.39, 0.29) is 11.7 Å². The number of amides is 3. The van der Waals surface area contributed by atoms with Crippen LogP contribution in [-0.2, 0) is 14.3 Å². The molecule has 2 N–H and O–H groups in total. The molecule has 0 radical (unpaired) electrons. The van der Waals surface area contributed by atoms with Crippen LogP contribution < -0.4 is 10.6 Å². The fourth-order valence-electron chi connectivity index (χ4n) is 3.38. The van der Waals surface area contributed by atoms with E-state index in [1.54, 1.807) is 20.8 Å². The quantitative estimate of drug-likeness (QED) is 0.341. The van der Waals surface area contributed by atoms with Gasteiger partial charge in [-0.05, 0) is 53.5 Å². The molecule has 0 bridgehead atoms. The summed E-state index contributed by atoms with van der Waals surface area (Å²) in [5, 5.41) is 5.61. The molecule has 0 saturated heterocycles. The van der Waals surface area contributed by atoms with Crippen molar-refractivity contribution < 1.29 is 19.1 Å². The molecule has 7 nitrogen and oxygen atoms in total. The van der Waals surface area contributed by atoms with Crippen LogP contribution in [-0.4, -0.2) is 52.3 Å². The van der Waals surface area contributed by atoms with Crippen LogP contribution in [0.1, 0.15) is 79.3 Å².